The number of hydrogen-bond acceptors (Lipinski definition) is 27. The Kier molecular flexibility index (Phi) is 26.2. The summed E-state index contributed by atoms with van der Waals surface area (Å²) in [5.41, 5.74) is -0.228. The quantitative estimate of drug-likeness (QED) is 0.0595. The lowest BCUT2D eigenvalue weighted by Gasteiger charge is -2.34. The Hall–Kier alpha value is -12.2. The predicted octanol–water partition coefficient (Wildman–Crippen LogP) is 18.7. The Morgan fingerprint density at radius 2 is 0.441 bits per heavy atom. The van der Waals surface area contributed by atoms with Crippen LogP contribution in [0.2, 0.25) is 0 Å². The first-order chi connectivity index (χ1) is 68.6. The third kappa shape index (κ3) is 20.0. The Labute approximate surface area is 826 Å². The van der Waals surface area contributed by atoms with Gasteiger partial charge in [-0.2, -0.15) is 25.5 Å². The summed E-state index contributed by atoms with van der Waals surface area (Å²) in [7, 11) is 0. The van der Waals surface area contributed by atoms with Crippen LogP contribution in [-0.2, 0) is 0 Å². The van der Waals surface area contributed by atoms with Crippen LogP contribution in [0.3, 0.4) is 0 Å². The second kappa shape index (κ2) is 38.7. The molecule has 752 valence electrons. The molecule has 0 aromatic carbocycles. The molecular weight excluding hydrogens is 1870 g/mol. The van der Waals surface area contributed by atoms with E-state index >= 15 is 0 Å². The topological polar surface area (TPSA) is 447 Å². The first kappa shape index (κ1) is 96.9. The molecule has 10 aliphatic carbocycles. The molecule has 0 spiro atoms. The first-order valence-corrected chi connectivity index (χ1v) is 52.5. The highest BCUT2D eigenvalue weighted by Crippen LogP contribution is 2.54. The summed E-state index contributed by atoms with van der Waals surface area (Å²) in [6, 6.07) is 0.418. The van der Waals surface area contributed by atoms with Gasteiger partial charge in [-0.3, -0.25) is 24.0 Å². The minimum Gasteiger partial charge on any atom is -0.310 e. The van der Waals surface area contributed by atoms with E-state index in [9.17, 15) is 45.9 Å². The highest BCUT2D eigenvalue weighted by Gasteiger charge is 2.46. The molecule has 10 aliphatic rings. The van der Waals surface area contributed by atoms with Crippen LogP contribution >= 0.6 is 22.7 Å². The van der Waals surface area contributed by atoms with Crippen molar-refractivity contribution in [3.8, 4) is 0 Å². The Morgan fingerprint density at radius 3 is 0.608 bits per heavy atom. The third-order valence-corrected chi connectivity index (χ3v) is 34.3. The molecule has 42 heteroatoms. The van der Waals surface area contributed by atoms with Gasteiger partial charge in [-0.1, -0.05) is 0 Å². The molecule has 35 nitrogen and oxygen atoms in total. The van der Waals surface area contributed by atoms with Gasteiger partial charge < -0.3 is 24.9 Å². The molecule has 143 heavy (non-hydrogen) atoms. The maximum Gasteiger partial charge on any atom is 0.262 e. The maximum atomic E-state index is 14.2. The largest absolute Gasteiger partial charge is 0.310 e. The molecule has 10 atom stereocenters. The van der Waals surface area contributed by atoms with E-state index in [2.05, 4.69) is 101 Å². The molecule has 10 saturated carbocycles. The van der Waals surface area contributed by atoms with E-state index in [-0.39, 0.29) is 117 Å². The minimum absolute atomic E-state index is 0.0797. The highest BCUT2D eigenvalue weighted by molar-refractivity contribution is 7.11. The molecule has 0 amide bonds. The van der Waals surface area contributed by atoms with Crippen molar-refractivity contribution in [2.24, 2.45) is 0 Å². The average molecular weight is 1990 g/mol. The number of aromatic nitrogens is 30. The summed E-state index contributed by atoms with van der Waals surface area (Å²) >= 11 is 3.22. The molecule has 25 rings (SSSR count). The van der Waals surface area contributed by atoms with E-state index in [1.165, 1.54) is 0 Å². The van der Waals surface area contributed by atoms with Crippen LogP contribution in [0.5, 0.6) is 0 Å². The monoisotopic (exact) mass is 1990 g/mol. The second-order valence-electron chi connectivity index (χ2n) is 43.2. The molecule has 15 aromatic heterocycles. The van der Waals surface area contributed by atoms with Gasteiger partial charge >= 0.3 is 0 Å². The van der Waals surface area contributed by atoms with E-state index in [1.807, 2.05) is 95.2 Å². The van der Waals surface area contributed by atoms with Crippen LogP contribution in [0, 0.1) is 34.6 Å². The molecule has 15 heterocycles. The van der Waals surface area contributed by atoms with Crippen molar-refractivity contribution in [2.45, 2.75) is 380 Å². The average Bonchev–Trinajstić information content (AvgIpc) is 1.69. The number of nitrogens with zero attached hydrogens (tertiary/aromatic N) is 25. The lowest BCUT2D eigenvalue weighted by atomic mass is 9.72. The fraction of sp³-hybridized carbons (Fsp3) is 0.594. The molecule has 0 aliphatic heterocycles. The van der Waals surface area contributed by atoms with Gasteiger partial charge in [0, 0.05) is 96.4 Å². The number of hydrogen-bond donors (Lipinski definition) is 5. The lowest BCUT2D eigenvalue weighted by molar-refractivity contribution is 0.103. The molecule has 3 unspecified atom stereocenters. The van der Waals surface area contributed by atoms with E-state index in [4.69, 9.17) is 24.9 Å². The van der Waals surface area contributed by atoms with Gasteiger partial charge in [0.2, 0.25) is 0 Å². The number of alkyl halides is 5. The number of halogens is 5. The van der Waals surface area contributed by atoms with Crippen molar-refractivity contribution in [2.75, 3.05) is 0 Å². The van der Waals surface area contributed by atoms with Crippen LogP contribution < -0.4 is 27.8 Å². The fourth-order valence-electron chi connectivity index (χ4n) is 22.6. The summed E-state index contributed by atoms with van der Waals surface area (Å²) in [5.74, 6) is 7.42. The lowest BCUT2D eigenvalue weighted by Crippen LogP contribution is -2.29. The Bertz CT molecular complexity index is 6870. The van der Waals surface area contributed by atoms with Gasteiger partial charge in [0.05, 0.1) is 61.2 Å². The number of H-pyrrole nitrogens is 5. The van der Waals surface area contributed by atoms with Crippen LogP contribution in [-0.4, -0.2) is 177 Å². The van der Waals surface area contributed by atoms with Crippen LogP contribution in [0.1, 0.15) is 400 Å². The van der Waals surface area contributed by atoms with Gasteiger partial charge in [0.15, 0.2) is 28.2 Å². The minimum atomic E-state index is -1.11. The second-order valence-corrected chi connectivity index (χ2v) is 45.7. The van der Waals surface area contributed by atoms with Gasteiger partial charge in [-0.15, -0.1) is 43.1 Å². The normalized spacial score (nSPS) is 30.0. The standard InChI is InChI=1S/3C21H25FN6O.2C19H23FN6OS/c3*1-12-9-23-17(24-10-12)14-3-4-15(14)18-26-19-16(20(29)27-18)11-25-28(19)13-5-7-21(2,22)8-6-13;2*1-10-24-25-18(28-10)13-4-3-12(13)15-22-16-14(17(27)23-15)9-21-26(16)11-5-7-19(2,20)8-6-11/h3*9-11,13-15H,3-8H2,1-2H3,(H,26,27,29);2*9,11-13H,3-8H2,1-2H3,(H,22,23,27)/t13?,14?,15-,21?;2*13?,14-,15+,21?;11?,12-,13-,19?;/m1101./s1. The molecule has 5 N–H and O–H groups in total. The van der Waals surface area contributed by atoms with E-state index < -0.39 is 28.3 Å². The van der Waals surface area contributed by atoms with Crippen molar-refractivity contribution in [3.63, 3.8) is 0 Å². The predicted molar refractivity (Wildman–Crippen MR) is 529 cm³/mol. The number of aryl methyl sites for hydroxylation is 5. The van der Waals surface area contributed by atoms with Crippen LogP contribution in [0.25, 0.3) is 55.2 Å². The zero-order chi connectivity index (χ0) is 99.5. The van der Waals surface area contributed by atoms with E-state index in [0.717, 1.165) is 118 Å². The number of nitrogens with one attached hydrogen (secondary N) is 5. The summed E-state index contributed by atoms with van der Waals surface area (Å²) in [4.78, 5) is 129. The fourth-order valence-corrected chi connectivity index (χ4v) is 24.4. The zero-order valence-electron chi connectivity index (χ0n) is 82.2. The summed E-state index contributed by atoms with van der Waals surface area (Å²) < 4.78 is 80.2. The van der Waals surface area contributed by atoms with Gasteiger partial charge in [-0.05, 0) is 279 Å². The SMILES string of the molecule is Cc1cnc(C2CC[C@H]2c2nc3c(cnn3C3CCC(C)(F)CC3)c(=O)[nH]2)nc1.Cc1cnc([C@@H]2CC[C@@H]2c2nc3c(cnn3C3CCC(C)(F)CC3)c(=O)[nH]2)nc1.Cc1cnc([C@H]2CC[C@H]2c2nc3c(cnn3C3CCC(C)(F)CC3)c(=O)[nH]2)nc1.Cc1nnc(C2CCC2c2nc3c(cnn3C3CCC(C)(F)CC3)c(=O)[nH]2)s1.Cc1nnc([C@@H]2CC[C@H]2c2nc3c(cnn3C3CCC(C)(F)CC3)c(=O)[nH]2)s1. The molecule has 15 aromatic rings. The Morgan fingerprint density at radius 1 is 0.259 bits per heavy atom. The molecule has 0 radical (unpaired) electrons. The molecular formula is C101H121F5N30O5S2. The smallest absolute Gasteiger partial charge is 0.262 e. The number of rotatable bonds is 15. The van der Waals surface area contributed by atoms with Crippen molar-refractivity contribution in [3.05, 3.63) is 203 Å². The molecule has 0 bridgehead atoms. The van der Waals surface area contributed by atoms with Crippen LogP contribution in [0.15, 0.2) is 92.1 Å². The Balaban J connectivity index is 0.000000106. The molecule has 10 fully saturated rings. The van der Waals surface area contributed by atoms with Gasteiger partial charge in [0.1, 0.15) is 122 Å². The summed E-state index contributed by atoms with van der Waals surface area (Å²) in [5, 5.41) is 45.5. The van der Waals surface area contributed by atoms with E-state index in [1.54, 1.807) is 88.3 Å². The highest BCUT2D eigenvalue weighted by atomic mass is 32.1. The van der Waals surface area contributed by atoms with Crippen molar-refractivity contribution >= 4 is 77.8 Å². The van der Waals surface area contributed by atoms with Crippen LogP contribution in [0.4, 0.5) is 22.0 Å². The van der Waals surface area contributed by atoms with E-state index in [0.29, 0.717) is 213 Å². The van der Waals surface area contributed by atoms with Gasteiger partial charge in [-0.25, -0.2) is 100 Å². The summed E-state index contributed by atoms with van der Waals surface area (Å²) in [6.07, 6.45) is 40.8. The first-order valence-electron chi connectivity index (χ1n) is 50.8. The summed E-state index contributed by atoms with van der Waals surface area (Å²) in [6.45, 7) is 18.1. The van der Waals surface area contributed by atoms with Crippen molar-refractivity contribution in [1.82, 2.24) is 149 Å². The number of fused-ring (bicyclic) bond motifs is 5. The van der Waals surface area contributed by atoms with Gasteiger partial charge in [0.25, 0.3) is 27.8 Å². The molecule has 0 saturated heterocycles. The maximum absolute atomic E-state index is 14.2. The number of aromatic amines is 5. The zero-order valence-corrected chi connectivity index (χ0v) is 83.8. The third-order valence-electron chi connectivity index (χ3n) is 32.4. The van der Waals surface area contributed by atoms with Crippen molar-refractivity contribution in [1.29, 1.82) is 0 Å². The van der Waals surface area contributed by atoms with Crippen molar-refractivity contribution < 1.29 is 22.0 Å².